The molecule has 0 saturated heterocycles. The number of anilines is 1. The number of carboxylic acid groups (broad SMARTS) is 1. The Hall–Kier alpha value is -1.45. The highest BCUT2D eigenvalue weighted by molar-refractivity contribution is 9.10. The molecular formula is C12H9BrFNO4S2. The van der Waals surface area contributed by atoms with Gasteiger partial charge in [-0.2, -0.15) is 0 Å². The first kappa shape index (κ1) is 15.9. The zero-order valence-corrected chi connectivity index (χ0v) is 13.8. The third-order valence-electron chi connectivity index (χ3n) is 2.59. The molecule has 0 saturated carbocycles. The van der Waals surface area contributed by atoms with Crippen LogP contribution < -0.4 is 4.72 Å². The van der Waals surface area contributed by atoms with Gasteiger partial charge in [0.1, 0.15) is 15.6 Å². The maximum absolute atomic E-state index is 13.0. The van der Waals surface area contributed by atoms with Crippen molar-refractivity contribution >= 4 is 48.9 Å². The van der Waals surface area contributed by atoms with Gasteiger partial charge in [0.15, 0.2) is 0 Å². The second-order valence-corrected chi connectivity index (χ2v) is 7.49. The lowest BCUT2D eigenvalue weighted by atomic mass is 10.3. The molecule has 2 aromatic rings. The maximum atomic E-state index is 13.0. The van der Waals surface area contributed by atoms with E-state index in [0.29, 0.717) is 5.56 Å². The summed E-state index contributed by atoms with van der Waals surface area (Å²) in [5.74, 6) is -1.80. The van der Waals surface area contributed by atoms with E-state index >= 15 is 0 Å². The van der Waals surface area contributed by atoms with Gasteiger partial charge < -0.3 is 5.11 Å². The Kier molecular flexibility index (Phi) is 4.35. The number of nitrogens with one attached hydrogen (secondary N) is 1. The Labute approximate surface area is 132 Å². The van der Waals surface area contributed by atoms with Crippen molar-refractivity contribution in [3.63, 3.8) is 0 Å². The van der Waals surface area contributed by atoms with Crippen LogP contribution in [0.1, 0.15) is 15.2 Å². The minimum Gasteiger partial charge on any atom is -0.477 e. The Morgan fingerprint density at radius 2 is 2.10 bits per heavy atom. The van der Waals surface area contributed by atoms with Gasteiger partial charge in [0, 0.05) is 4.47 Å². The summed E-state index contributed by atoms with van der Waals surface area (Å²) in [5, 5.41) is 10.6. The number of halogens is 2. The second kappa shape index (κ2) is 5.74. The molecule has 0 unspecified atom stereocenters. The number of sulfonamides is 1. The minimum absolute atomic E-state index is 0.0173. The average Bonchev–Trinajstić information content (AvgIpc) is 2.70. The molecular weight excluding hydrogens is 385 g/mol. The van der Waals surface area contributed by atoms with Crippen LogP contribution in [-0.4, -0.2) is 19.5 Å². The van der Waals surface area contributed by atoms with E-state index in [4.69, 9.17) is 5.11 Å². The lowest BCUT2D eigenvalue weighted by molar-refractivity contribution is 0.0703. The predicted molar refractivity (Wildman–Crippen MR) is 80.9 cm³/mol. The van der Waals surface area contributed by atoms with Crippen LogP contribution in [-0.2, 0) is 10.0 Å². The molecule has 9 heteroatoms. The number of thiophene rings is 1. The summed E-state index contributed by atoms with van der Waals surface area (Å²) in [7, 11) is -4.03. The van der Waals surface area contributed by atoms with Crippen molar-refractivity contribution in [1.82, 2.24) is 0 Å². The van der Waals surface area contributed by atoms with Crippen molar-refractivity contribution in [1.29, 1.82) is 0 Å². The topological polar surface area (TPSA) is 83.5 Å². The van der Waals surface area contributed by atoms with Crippen LogP contribution >= 0.6 is 27.3 Å². The van der Waals surface area contributed by atoms with Gasteiger partial charge >= 0.3 is 5.97 Å². The molecule has 1 aromatic heterocycles. The van der Waals surface area contributed by atoms with Gasteiger partial charge in [-0.3, -0.25) is 4.72 Å². The van der Waals surface area contributed by atoms with E-state index < -0.39 is 21.8 Å². The molecule has 0 fully saturated rings. The smallest absolute Gasteiger partial charge is 0.348 e. The van der Waals surface area contributed by atoms with Gasteiger partial charge in [-0.05, 0) is 52.0 Å². The Balaban J connectivity index is 2.47. The fourth-order valence-corrected chi connectivity index (χ4v) is 4.71. The highest BCUT2D eigenvalue weighted by Crippen LogP contribution is 2.31. The molecule has 0 radical (unpaired) electrons. The van der Waals surface area contributed by atoms with Gasteiger partial charge in [0.2, 0.25) is 0 Å². The van der Waals surface area contributed by atoms with Crippen LogP contribution in [0.3, 0.4) is 0 Å². The Morgan fingerprint density at radius 3 is 2.67 bits per heavy atom. The van der Waals surface area contributed by atoms with Gasteiger partial charge in [0.25, 0.3) is 10.0 Å². The normalized spacial score (nSPS) is 11.4. The zero-order chi connectivity index (χ0) is 15.8. The predicted octanol–water partition coefficient (Wildman–Crippen LogP) is 3.46. The summed E-state index contributed by atoms with van der Waals surface area (Å²) >= 11 is 3.91. The molecule has 5 nitrogen and oxygen atoms in total. The van der Waals surface area contributed by atoms with Crippen molar-refractivity contribution < 1.29 is 22.7 Å². The first-order valence-corrected chi connectivity index (χ1v) is 8.67. The van der Waals surface area contributed by atoms with Gasteiger partial charge in [0.05, 0.1) is 5.69 Å². The van der Waals surface area contributed by atoms with Crippen molar-refractivity contribution in [2.75, 3.05) is 4.72 Å². The highest BCUT2D eigenvalue weighted by atomic mass is 79.9. The van der Waals surface area contributed by atoms with E-state index in [9.17, 15) is 17.6 Å². The number of carboxylic acids is 1. The summed E-state index contributed by atoms with van der Waals surface area (Å²) in [4.78, 5) is 10.8. The molecule has 0 aliphatic heterocycles. The number of aryl methyl sites for hydroxylation is 1. The van der Waals surface area contributed by atoms with E-state index in [1.807, 2.05) is 0 Å². The number of benzene rings is 1. The number of aromatic carboxylic acids is 1. The first-order chi connectivity index (χ1) is 9.72. The lowest BCUT2D eigenvalue weighted by Gasteiger charge is -2.10. The molecule has 2 N–H and O–H groups in total. The maximum Gasteiger partial charge on any atom is 0.348 e. The highest BCUT2D eigenvalue weighted by Gasteiger charge is 2.23. The molecule has 0 aliphatic carbocycles. The van der Waals surface area contributed by atoms with E-state index in [0.717, 1.165) is 29.5 Å². The summed E-state index contributed by atoms with van der Waals surface area (Å²) in [6, 6.07) is 3.13. The molecule has 0 spiro atoms. The molecule has 0 aliphatic rings. The van der Waals surface area contributed by atoms with Crippen LogP contribution in [0.15, 0.2) is 32.9 Å². The van der Waals surface area contributed by atoms with Crippen molar-refractivity contribution in [3.8, 4) is 0 Å². The fourth-order valence-electron chi connectivity index (χ4n) is 1.61. The molecule has 21 heavy (non-hydrogen) atoms. The minimum atomic E-state index is -4.03. The van der Waals surface area contributed by atoms with Crippen LogP contribution in [0.5, 0.6) is 0 Å². The zero-order valence-electron chi connectivity index (χ0n) is 10.6. The third kappa shape index (κ3) is 3.25. The molecule has 0 atom stereocenters. The van der Waals surface area contributed by atoms with E-state index in [1.165, 1.54) is 0 Å². The van der Waals surface area contributed by atoms with Crippen LogP contribution in [0.25, 0.3) is 0 Å². The quantitative estimate of drug-likeness (QED) is 0.832. The Bertz CT molecular complexity index is 817. The van der Waals surface area contributed by atoms with E-state index in [1.54, 1.807) is 12.3 Å². The molecule has 1 aromatic carbocycles. The molecule has 2 rings (SSSR count). The molecule has 0 bridgehead atoms. The van der Waals surface area contributed by atoms with E-state index in [2.05, 4.69) is 20.7 Å². The standard InChI is InChI=1S/C12H9BrFNO4S2/c1-6-5-20-11(12(16)17)10(6)15-21(18,19)9-3-2-7(14)4-8(9)13/h2-5,15H,1H3,(H,16,17). The van der Waals surface area contributed by atoms with Gasteiger partial charge in [-0.15, -0.1) is 11.3 Å². The average molecular weight is 394 g/mol. The molecule has 0 amide bonds. The number of hydrogen-bond acceptors (Lipinski definition) is 4. The summed E-state index contributed by atoms with van der Waals surface area (Å²) in [5.41, 5.74) is 0.517. The molecule has 112 valence electrons. The largest absolute Gasteiger partial charge is 0.477 e. The lowest BCUT2D eigenvalue weighted by Crippen LogP contribution is -2.15. The summed E-state index contributed by atoms with van der Waals surface area (Å²) < 4.78 is 39.9. The Morgan fingerprint density at radius 1 is 1.43 bits per heavy atom. The summed E-state index contributed by atoms with van der Waals surface area (Å²) in [6.07, 6.45) is 0. The monoisotopic (exact) mass is 393 g/mol. The van der Waals surface area contributed by atoms with Crippen LogP contribution in [0.2, 0.25) is 0 Å². The number of hydrogen-bond donors (Lipinski definition) is 2. The van der Waals surface area contributed by atoms with Crippen molar-refractivity contribution in [3.05, 3.63) is 44.3 Å². The first-order valence-electron chi connectivity index (χ1n) is 5.51. The second-order valence-electron chi connectivity index (χ2n) is 4.11. The van der Waals surface area contributed by atoms with Gasteiger partial charge in [-0.1, -0.05) is 0 Å². The third-order valence-corrected chi connectivity index (χ3v) is 6.00. The summed E-state index contributed by atoms with van der Waals surface area (Å²) in [6.45, 7) is 1.60. The van der Waals surface area contributed by atoms with Crippen LogP contribution in [0, 0.1) is 12.7 Å². The fraction of sp³-hybridized carbons (Fsp3) is 0.0833. The SMILES string of the molecule is Cc1csc(C(=O)O)c1NS(=O)(=O)c1ccc(F)cc1Br. The van der Waals surface area contributed by atoms with Crippen molar-refractivity contribution in [2.24, 2.45) is 0 Å². The van der Waals surface area contributed by atoms with Gasteiger partial charge in [-0.25, -0.2) is 17.6 Å². The number of rotatable bonds is 4. The molecule has 1 heterocycles. The van der Waals surface area contributed by atoms with Crippen LogP contribution in [0.4, 0.5) is 10.1 Å². The van der Waals surface area contributed by atoms with E-state index in [-0.39, 0.29) is 19.9 Å². The van der Waals surface area contributed by atoms with Crippen molar-refractivity contribution in [2.45, 2.75) is 11.8 Å². The number of carbonyl (C=O) groups is 1.